The van der Waals surface area contributed by atoms with Gasteiger partial charge in [-0.15, -0.1) is 0 Å². The SMILES string of the molecule is O=C(c1cccc(F)c1)N1CCCC(N2CCN(C3CCN(C(=O)c4cc(C(F)(F)F)cc(C(F)(F)F)c4)C(Cc4ccccc4)C3)CC2)CC1. The second-order valence-electron chi connectivity index (χ2n) is 13.8. The van der Waals surface area contributed by atoms with Crippen LogP contribution in [-0.4, -0.2) is 95.4 Å². The summed E-state index contributed by atoms with van der Waals surface area (Å²) in [4.78, 5) is 34.9. The summed E-state index contributed by atoms with van der Waals surface area (Å²) in [5.41, 5.74) is -2.37. The van der Waals surface area contributed by atoms with E-state index < -0.39 is 46.8 Å². The molecule has 13 heteroatoms. The van der Waals surface area contributed by atoms with Crippen molar-refractivity contribution in [3.63, 3.8) is 0 Å². The van der Waals surface area contributed by atoms with E-state index in [9.17, 15) is 40.3 Å². The smallest absolute Gasteiger partial charge is 0.339 e. The molecule has 3 aromatic carbocycles. The summed E-state index contributed by atoms with van der Waals surface area (Å²) < 4.78 is 95.5. The number of benzene rings is 3. The molecule has 0 N–H and O–H groups in total. The number of likely N-dealkylation sites (tertiary alicyclic amines) is 2. The number of halogens is 7. The van der Waals surface area contributed by atoms with Crippen molar-refractivity contribution >= 4 is 11.8 Å². The molecule has 3 aliphatic rings. The van der Waals surface area contributed by atoms with Crippen LogP contribution in [0.3, 0.4) is 0 Å². The monoisotopic (exact) mass is 718 g/mol. The molecule has 3 fully saturated rings. The molecule has 0 saturated carbocycles. The Balaban J connectivity index is 1.11. The zero-order chi connectivity index (χ0) is 36.3. The number of piperidine rings is 1. The van der Waals surface area contributed by atoms with Gasteiger partial charge in [-0.1, -0.05) is 36.4 Å². The summed E-state index contributed by atoms with van der Waals surface area (Å²) in [6.07, 6.45) is -6.01. The molecule has 274 valence electrons. The fourth-order valence-electron chi connectivity index (χ4n) is 7.87. The van der Waals surface area contributed by atoms with Gasteiger partial charge in [-0.25, -0.2) is 4.39 Å². The Morgan fingerprint density at radius 2 is 1.25 bits per heavy atom. The van der Waals surface area contributed by atoms with Gasteiger partial charge < -0.3 is 9.80 Å². The predicted molar refractivity (Wildman–Crippen MR) is 178 cm³/mol. The van der Waals surface area contributed by atoms with Gasteiger partial charge in [-0.3, -0.25) is 19.4 Å². The highest BCUT2D eigenvalue weighted by atomic mass is 19.4. The first-order chi connectivity index (χ1) is 24.3. The van der Waals surface area contributed by atoms with Crippen LogP contribution in [0.5, 0.6) is 0 Å². The van der Waals surface area contributed by atoms with Crippen LogP contribution in [0.4, 0.5) is 30.7 Å². The standard InChI is InChI=1S/C38H41F7N4O2/c39-31-9-4-8-27(23-31)35(50)48-13-5-10-32(11-14-48)46-16-18-47(19-17-46)33-12-15-49(34(25-33)20-26-6-2-1-3-7-26)36(51)28-21-29(37(40,41)42)24-30(22-28)38(43,44)45/h1-4,6-9,21-24,32-34H,5,10-20,25H2. The van der Waals surface area contributed by atoms with Crippen LogP contribution >= 0.6 is 0 Å². The maximum Gasteiger partial charge on any atom is 0.416 e. The lowest BCUT2D eigenvalue weighted by molar-refractivity contribution is -0.143. The maximum absolute atomic E-state index is 13.8. The molecule has 0 bridgehead atoms. The quantitative estimate of drug-likeness (QED) is 0.250. The van der Waals surface area contributed by atoms with Gasteiger partial charge >= 0.3 is 12.4 Å². The second-order valence-corrected chi connectivity index (χ2v) is 13.8. The van der Waals surface area contributed by atoms with Crippen LogP contribution in [0.25, 0.3) is 0 Å². The molecule has 6 rings (SSSR count). The molecule has 0 aromatic heterocycles. The molecule has 51 heavy (non-hydrogen) atoms. The van der Waals surface area contributed by atoms with Gasteiger partial charge in [0, 0.05) is 75.1 Å². The molecule has 3 unspecified atom stereocenters. The van der Waals surface area contributed by atoms with E-state index in [0.717, 1.165) is 51.0 Å². The lowest BCUT2D eigenvalue weighted by atomic mass is 9.90. The average molecular weight is 719 g/mol. The number of nitrogens with zero attached hydrogens (tertiary/aromatic N) is 4. The third-order valence-electron chi connectivity index (χ3n) is 10.5. The summed E-state index contributed by atoms with van der Waals surface area (Å²) in [6, 6.07) is 16.2. The predicted octanol–water partition coefficient (Wildman–Crippen LogP) is 7.39. The molecule has 3 saturated heterocycles. The van der Waals surface area contributed by atoms with Crippen LogP contribution in [0, 0.1) is 5.82 Å². The molecule has 2 amide bonds. The fraction of sp³-hybridized carbons (Fsp3) is 0.474. The Morgan fingerprint density at radius 1 is 0.627 bits per heavy atom. The van der Waals surface area contributed by atoms with Gasteiger partial charge in [0.15, 0.2) is 0 Å². The summed E-state index contributed by atoms with van der Waals surface area (Å²) in [6.45, 7) is 4.60. The molecule has 0 radical (unpaired) electrons. The average Bonchev–Trinajstić information content (AvgIpc) is 3.37. The molecule has 0 spiro atoms. The van der Waals surface area contributed by atoms with Crippen LogP contribution < -0.4 is 0 Å². The van der Waals surface area contributed by atoms with Gasteiger partial charge in [0.25, 0.3) is 11.8 Å². The maximum atomic E-state index is 13.8. The molecule has 3 aliphatic heterocycles. The number of alkyl halides is 6. The number of piperazine rings is 1. The van der Waals surface area contributed by atoms with Crippen molar-refractivity contribution in [2.24, 2.45) is 0 Å². The minimum absolute atomic E-state index is 0.0434. The van der Waals surface area contributed by atoms with E-state index in [1.165, 1.54) is 23.1 Å². The Labute approximate surface area is 292 Å². The molecule has 0 aliphatic carbocycles. The van der Waals surface area contributed by atoms with E-state index in [-0.39, 0.29) is 24.6 Å². The lowest BCUT2D eigenvalue weighted by Crippen LogP contribution is -2.58. The minimum Gasteiger partial charge on any atom is -0.339 e. The highest BCUT2D eigenvalue weighted by Gasteiger charge is 2.40. The first-order valence-electron chi connectivity index (χ1n) is 17.4. The highest BCUT2D eigenvalue weighted by Crippen LogP contribution is 2.37. The topological polar surface area (TPSA) is 47.1 Å². The summed E-state index contributed by atoms with van der Waals surface area (Å²) >= 11 is 0. The zero-order valence-corrected chi connectivity index (χ0v) is 28.1. The molecule has 3 atom stereocenters. The third kappa shape index (κ3) is 8.92. The van der Waals surface area contributed by atoms with Gasteiger partial charge in [0.1, 0.15) is 5.82 Å². The largest absolute Gasteiger partial charge is 0.416 e. The number of hydrogen-bond acceptors (Lipinski definition) is 4. The van der Waals surface area contributed by atoms with E-state index >= 15 is 0 Å². The molecular formula is C38H41F7N4O2. The normalized spacial score (nSPS) is 22.8. The van der Waals surface area contributed by atoms with Crippen molar-refractivity contribution < 1.29 is 40.3 Å². The molecule has 3 heterocycles. The van der Waals surface area contributed by atoms with E-state index in [4.69, 9.17) is 0 Å². The molecule has 6 nitrogen and oxygen atoms in total. The number of carbonyl (C=O) groups excluding carboxylic acids is 2. The van der Waals surface area contributed by atoms with Crippen molar-refractivity contribution in [3.8, 4) is 0 Å². The summed E-state index contributed by atoms with van der Waals surface area (Å²) in [5, 5.41) is 0. The summed E-state index contributed by atoms with van der Waals surface area (Å²) in [5.74, 6) is -1.44. The third-order valence-corrected chi connectivity index (χ3v) is 10.5. The van der Waals surface area contributed by atoms with Gasteiger partial charge in [0.2, 0.25) is 0 Å². The van der Waals surface area contributed by atoms with Crippen molar-refractivity contribution in [1.29, 1.82) is 0 Å². The van der Waals surface area contributed by atoms with Crippen molar-refractivity contribution in [2.75, 3.05) is 45.8 Å². The van der Waals surface area contributed by atoms with Crippen molar-refractivity contribution in [2.45, 2.75) is 69.0 Å². The Hall–Kier alpha value is -3.97. The minimum atomic E-state index is -5.05. The van der Waals surface area contributed by atoms with E-state index in [2.05, 4.69) is 9.80 Å². The van der Waals surface area contributed by atoms with Gasteiger partial charge in [-0.05, 0) is 80.5 Å². The highest BCUT2D eigenvalue weighted by molar-refractivity contribution is 5.95. The Morgan fingerprint density at radius 3 is 1.88 bits per heavy atom. The van der Waals surface area contributed by atoms with Crippen LogP contribution in [-0.2, 0) is 18.8 Å². The summed E-state index contributed by atoms with van der Waals surface area (Å²) in [7, 11) is 0. The number of carbonyl (C=O) groups is 2. The number of amides is 2. The van der Waals surface area contributed by atoms with Crippen molar-refractivity contribution in [3.05, 3.63) is 106 Å². The van der Waals surface area contributed by atoms with Crippen LogP contribution in [0.1, 0.15) is 69.5 Å². The van der Waals surface area contributed by atoms with E-state index in [1.54, 1.807) is 11.0 Å². The Bertz CT molecular complexity index is 1640. The Kier molecular flexibility index (Phi) is 11.1. The van der Waals surface area contributed by atoms with E-state index in [0.29, 0.717) is 56.1 Å². The lowest BCUT2D eigenvalue weighted by Gasteiger charge is -2.47. The first-order valence-corrected chi connectivity index (χ1v) is 17.4. The van der Waals surface area contributed by atoms with Gasteiger partial charge in [0.05, 0.1) is 11.1 Å². The van der Waals surface area contributed by atoms with Crippen LogP contribution in [0.2, 0.25) is 0 Å². The number of rotatable bonds is 6. The molecular weight excluding hydrogens is 677 g/mol. The first kappa shape index (κ1) is 36.8. The fourth-order valence-corrected chi connectivity index (χ4v) is 7.87. The molecule has 3 aromatic rings. The van der Waals surface area contributed by atoms with E-state index in [1.807, 2.05) is 30.3 Å². The van der Waals surface area contributed by atoms with Crippen LogP contribution in [0.15, 0.2) is 72.8 Å². The number of hydrogen-bond donors (Lipinski definition) is 0. The van der Waals surface area contributed by atoms with Gasteiger partial charge in [-0.2, -0.15) is 26.3 Å². The zero-order valence-electron chi connectivity index (χ0n) is 28.1. The second kappa shape index (κ2) is 15.3. The van der Waals surface area contributed by atoms with Crippen molar-refractivity contribution in [1.82, 2.24) is 19.6 Å².